The van der Waals surface area contributed by atoms with Crippen molar-refractivity contribution < 1.29 is 14.3 Å². The molecule has 1 aliphatic heterocycles. The van der Waals surface area contributed by atoms with Crippen molar-refractivity contribution in [1.82, 2.24) is 14.7 Å². The van der Waals surface area contributed by atoms with Gasteiger partial charge >= 0.3 is 6.03 Å². The SMILES string of the molecule is COc1ccc(NC(=O)N2CCC(c3cnn(-c4ccccc4)c3)CC2)cc1OC. The Kier molecular flexibility index (Phi) is 5.88. The van der Waals surface area contributed by atoms with Gasteiger partial charge in [-0.25, -0.2) is 9.48 Å². The molecule has 2 amide bonds. The Bertz CT molecular complexity index is 995. The second kappa shape index (κ2) is 8.90. The lowest BCUT2D eigenvalue weighted by atomic mass is 9.92. The average Bonchev–Trinajstić information content (AvgIpc) is 3.30. The second-order valence-electron chi connectivity index (χ2n) is 7.32. The molecule has 1 aliphatic rings. The van der Waals surface area contributed by atoms with Crippen molar-refractivity contribution in [3.8, 4) is 17.2 Å². The molecule has 0 aliphatic carbocycles. The van der Waals surface area contributed by atoms with Crippen molar-refractivity contribution in [3.63, 3.8) is 0 Å². The van der Waals surface area contributed by atoms with Gasteiger partial charge in [0, 0.05) is 31.0 Å². The normalized spacial score (nSPS) is 14.4. The highest BCUT2D eigenvalue weighted by molar-refractivity contribution is 5.89. The number of ether oxygens (including phenoxy) is 2. The van der Waals surface area contributed by atoms with Crippen LogP contribution in [0.2, 0.25) is 0 Å². The molecule has 1 saturated heterocycles. The predicted octanol–water partition coefficient (Wildman–Crippen LogP) is 4.30. The van der Waals surface area contributed by atoms with E-state index in [0.717, 1.165) is 18.5 Å². The minimum atomic E-state index is -0.0966. The molecule has 0 atom stereocenters. The summed E-state index contributed by atoms with van der Waals surface area (Å²) in [7, 11) is 3.16. The minimum Gasteiger partial charge on any atom is -0.493 e. The molecule has 2 heterocycles. The quantitative estimate of drug-likeness (QED) is 0.686. The molecule has 0 unspecified atom stereocenters. The van der Waals surface area contributed by atoms with Gasteiger partial charge in [-0.05, 0) is 48.6 Å². The topological polar surface area (TPSA) is 68.6 Å². The van der Waals surface area contributed by atoms with Crippen LogP contribution in [0.5, 0.6) is 11.5 Å². The maximum absolute atomic E-state index is 12.7. The predicted molar refractivity (Wildman–Crippen MR) is 116 cm³/mol. The van der Waals surface area contributed by atoms with Gasteiger partial charge in [0.15, 0.2) is 11.5 Å². The van der Waals surface area contributed by atoms with Crippen LogP contribution < -0.4 is 14.8 Å². The Morgan fingerprint density at radius 2 is 1.77 bits per heavy atom. The molecule has 2 aromatic carbocycles. The summed E-state index contributed by atoms with van der Waals surface area (Å²) in [6.07, 6.45) is 5.87. The van der Waals surface area contributed by atoms with E-state index in [9.17, 15) is 4.79 Å². The summed E-state index contributed by atoms with van der Waals surface area (Å²) in [4.78, 5) is 14.5. The highest BCUT2D eigenvalue weighted by atomic mass is 16.5. The summed E-state index contributed by atoms with van der Waals surface area (Å²) in [6, 6.07) is 15.3. The zero-order valence-corrected chi connectivity index (χ0v) is 17.2. The molecule has 1 N–H and O–H groups in total. The Hall–Kier alpha value is -3.48. The zero-order valence-electron chi connectivity index (χ0n) is 17.2. The Morgan fingerprint density at radius 1 is 1.03 bits per heavy atom. The molecule has 0 saturated carbocycles. The second-order valence-corrected chi connectivity index (χ2v) is 7.32. The molecule has 0 spiro atoms. The van der Waals surface area contributed by atoms with Crippen molar-refractivity contribution in [2.24, 2.45) is 0 Å². The summed E-state index contributed by atoms with van der Waals surface area (Å²) >= 11 is 0. The molecule has 4 rings (SSSR count). The third kappa shape index (κ3) is 4.25. The first-order valence-corrected chi connectivity index (χ1v) is 10.1. The van der Waals surface area contributed by atoms with Crippen LogP contribution in [0, 0.1) is 0 Å². The monoisotopic (exact) mass is 406 g/mol. The van der Waals surface area contributed by atoms with Gasteiger partial charge in [0.1, 0.15) is 0 Å². The number of nitrogens with zero attached hydrogens (tertiary/aromatic N) is 3. The van der Waals surface area contributed by atoms with E-state index >= 15 is 0 Å². The molecule has 30 heavy (non-hydrogen) atoms. The van der Waals surface area contributed by atoms with E-state index in [4.69, 9.17) is 9.47 Å². The fraction of sp³-hybridized carbons (Fsp3) is 0.304. The number of hydrogen-bond acceptors (Lipinski definition) is 4. The number of nitrogens with one attached hydrogen (secondary N) is 1. The van der Waals surface area contributed by atoms with E-state index in [1.165, 1.54) is 5.56 Å². The van der Waals surface area contributed by atoms with Crippen molar-refractivity contribution in [2.45, 2.75) is 18.8 Å². The number of carbonyl (C=O) groups excluding carboxylic acids is 1. The molecule has 7 nitrogen and oxygen atoms in total. The molecule has 1 aromatic heterocycles. The maximum atomic E-state index is 12.7. The summed E-state index contributed by atoms with van der Waals surface area (Å²) in [6.45, 7) is 1.42. The van der Waals surface area contributed by atoms with Gasteiger partial charge in [-0.2, -0.15) is 5.10 Å². The van der Waals surface area contributed by atoms with Gasteiger partial charge < -0.3 is 19.7 Å². The number of benzene rings is 2. The van der Waals surface area contributed by atoms with Crippen molar-refractivity contribution in [2.75, 3.05) is 32.6 Å². The first-order chi connectivity index (χ1) is 14.7. The molecule has 1 fully saturated rings. The fourth-order valence-electron chi connectivity index (χ4n) is 3.80. The number of para-hydroxylation sites is 1. The van der Waals surface area contributed by atoms with E-state index in [2.05, 4.69) is 16.6 Å². The molecular formula is C23H26N4O3. The van der Waals surface area contributed by atoms with Crippen LogP contribution in [-0.4, -0.2) is 48.0 Å². The number of anilines is 1. The number of piperidine rings is 1. The van der Waals surface area contributed by atoms with E-state index in [1.807, 2.05) is 52.2 Å². The van der Waals surface area contributed by atoms with Crippen LogP contribution in [0.3, 0.4) is 0 Å². The van der Waals surface area contributed by atoms with Gasteiger partial charge in [0.25, 0.3) is 0 Å². The van der Waals surface area contributed by atoms with Gasteiger partial charge in [-0.15, -0.1) is 0 Å². The summed E-state index contributed by atoms with van der Waals surface area (Å²) < 4.78 is 12.5. The lowest BCUT2D eigenvalue weighted by Gasteiger charge is -2.31. The molecule has 7 heteroatoms. The third-order valence-corrected chi connectivity index (χ3v) is 5.51. The van der Waals surface area contributed by atoms with E-state index in [0.29, 0.717) is 36.2 Å². The van der Waals surface area contributed by atoms with Crippen LogP contribution in [0.4, 0.5) is 10.5 Å². The Balaban J connectivity index is 1.34. The highest BCUT2D eigenvalue weighted by Crippen LogP contribution is 2.31. The molecular weight excluding hydrogens is 380 g/mol. The molecule has 0 radical (unpaired) electrons. The van der Waals surface area contributed by atoms with E-state index < -0.39 is 0 Å². The third-order valence-electron chi connectivity index (χ3n) is 5.51. The first kappa shape index (κ1) is 19.8. The average molecular weight is 406 g/mol. The lowest BCUT2D eigenvalue weighted by Crippen LogP contribution is -2.40. The van der Waals surface area contributed by atoms with Crippen molar-refractivity contribution >= 4 is 11.7 Å². The minimum absolute atomic E-state index is 0.0966. The van der Waals surface area contributed by atoms with Gasteiger partial charge in [-0.1, -0.05) is 18.2 Å². The van der Waals surface area contributed by atoms with Crippen molar-refractivity contribution in [3.05, 3.63) is 66.5 Å². The first-order valence-electron chi connectivity index (χ1n) is 10.1. The van der Waals surface area contributed by atoms with Gasteiger partial charge in [0.2, 0.25) is 0 Å². The number of hydrogen-bond donors (Lipinski definition) is 1. The Morgan fingerprint density at radius 3 is 2.47 bits per heavy atom. The molecule has 156 valence electrons. The lowest BCUT2D eigenvalue weighted by molar-refractivity contribution is 0.194. The standard InChI is InChI=1S/C23H26N4O3/c1-29-21-9-8-19(14-22(21)30-2)25-23(28)26-12-10-17(11-13-26)18-15-24-27(16-18)20-6-4-3-5-7-20/h3-9,14-17H,10-13H2,1-2H3,(H,25,28). The summed E-state index contributed by atoms with van der Waals surface area (Å²) in [5.41, 5.74) is 2.96. The zero-order chi connectivity index (χ0) is 20.9. The number of aromatic nitrogens is 2. The van der Waals surface area contributed by atoms with Crippen LogP contribution in [0.15, 0.2) is 60.9 Å². The smallest absolute Gasteiger partial charge is 0.321 e. The van der Waals surface area contributed by atoms with Crippen LogP contribution in [-0.2, 0) is 0 Å². The number of carbonyl (C=O) groups is 1. The van der Waals surface area contributed by atoms with Crippen molar-refractivity contribution in [1.29, 1.82) is 0 Å². The summed E-state index contributed by atoms with van der Waals surface area (Å²) in [5.74, 6) is 1.63. The Labute approximate surface area is 176 Å². The number of amides is 2. The fourth-order valence-corrected chi connectivity index (χ4v) is 3.80. The largest absolute Gasteiger partial charge is 0.493 e. The highest BCUT2D eigenvalue weighted by Gasteiger charge is 2.25. The number of rotatable bonds is 5. The van der Waals surface area contributed by atoms with Gasteiger partial charge in [0.05, 0.1) is 26.1 Å². The van der Waals surface area contributed by atoms with Gasteiger partial charge in [-0.3, -0.25) is 0 Å². The van der Waals surface area contributed by atoms with E-state index in [1.54, 1.807) is 26.4 Å². The summed E-state index contributed by atoms with van der Waals surface area (Å²) in [5, 5.41) is 7.46. The number of methoxy groups -OCH3 is 2. The van der Waals surface area contributed by atoms with Crippen LogP contribution >= 0.6 is 0 Å². The van der Waals surface area contributed by atoms with Crippen LogP contribution in [0.25, 0.3) is 5.69 Å². The molecule has 0 bridgehead atoms. The number of urea groups is 1. The number of likely N-dealkylation sites (tertiary alicyclic amines) is 1. The van der Waals surface area contributed by atoms with E-state index in [-0.39, 0.29) is 6.03 Å². The maximum Gasteiger partial charge on any atom is 0.321 e. The van der Waals surface area contributed by atoms with Crippen LogP contribution in [0.1, 0.15) is 24.3 Å². The molecule has 3 aromatic rings.